The Hall–Kier alpha value is -1.41. The Morgan fingerprint density at radius 2 is 1.95 bits per heavy atom. The lowest BCUT2D eigenvalue weighted by Gasteiger charge is -2.14. The average molecular weight is 378 g/mol. The largest absolute Gasteiger partial charge is 0.416 e. The first-order chi connectivity index (χ1) is 9.62. The van der Waals surface area contributed by atoms with Gasteiger partial charge in [-0.05, 0) is 48.0 Å². The van der Waals surface area contributed by atoms with Crippen LogP contribution in [0.3, 0.4) is 0 Å². The molecular formula is C13H11BrF3N3S. The number of nitrogens with two attached hydrogens (primary N) is 1. The standard InChI is InChI=1S/C13H11BrF3N3S/c1-6-11(14)7(2)20(19-6)10-4-3-8(13(15,16)17)5-9(10)12(18)21/h3-5H,1-2H3,(H2,18,21). The highest BCUT2D eigenvalue weighted by Crippen LogP contribution is 2.32. The van der Waals surface area contributed by atoms with E-state index in [0.717, 1.165) is 28.0 Å². The van der Waals surface area contributed by atoms with Crippen molar-refractivity contribution in [3.8, 4) is 5.69 Å². The van der Waals surface area contributed by atoms with Gasteiger partial charge in [0.25, 0.3) is 0 Å². The molecule has 0 fully saturated rings. The van der Waals surface area contributed by atoms with E-state index >= 15 is 0 Å². The Labute approximate surface area is 133 Å². The minimum atomic E-state index is -4.45. The van der Waals surface area contributed by atoms with Crippen LogP contribution in [0.4, 0.5) is 13.2 Å². The third kappa shape index (κ3) is 2.96. The molecule has 1 aromatic heterocycles. The zero-order valence-corrected chi connectivity index (χ0v) is 13.5. The highest BCUT2D eigenvalue weighted by molar-refractivity contribution is 9.10. The number of nitrogens with zero attached hydrogens (tertiary/aromatic N) is 2. The number of rotatable bonds is 2. The molecule has 0 saturated carbocycles. The van der Waals surface area contributed by atoms with Crippen LogP contribution in [-0.4, -0.2) is 14.8 Å². The van der Waals surface area contributed by atoms with E-state index in [1.807, 2.05) is 0 Å². The summed E-state index contributed by atoms with van der Waals surface area (Å²) >= 11 is 8.25. The molecule has 0 radical (unpaired) electrons. The maximum Gasteiger partial charge on any atom is 0.416 e. The average Bonchev–Trinajstić information content (AvgIpc) is 2.64. The molecule has 0 aliphatic heterocycles. The molecule has 3 nitrogen and oxygen atoms in total. The summed E-state index contributed by atoms with van der Waals surface area (Å²) in [5.74, 6) is 0. The molecule has 2 aromatic rings. The van der Waals surface area contributed by atoms with Gasteiger partial charge in [-0.1, -0.05) is 12.2 Å². The number of alkyl halides is 3. The van der Waals surface area contributed by atoms with E-state index in [-0.39, 0.29) is 10.6 Å². The maximum atomic E-state index is 12.8. The van der Waals surface area contributed by atoms with Gasteiger partial charge < -0.3 is 5.73 Å². The molecule has 21 heavy (non-hydrogen) atoms. The molecule has 2 rings (SSSR count). The third-order valence-corrected chi connectivity index (χ3v) is 4.39. The second kappa shape index (κ2) is 5.42. The molecule has 0 spiro atoms. The Bertz CT molecular complexity index is 722. The normalized spacial score (nSPS) is 11.7. The molecule has 112 valence electrons. The summed E-state index contributed by atoms with van der Waals surface area (Å²) in [5.41, 5.74) is 6.81. The Balaban J connectivity index is 2.69. The highest BCUT2D eigenvalue weighted by Gasteiger charge is 2.31. The van der Waals surface area contributed by atoms with Crippen molar-refractivity contribution in [3.05, 3.63) is 45.2 Å². The van der Waals surface area contributed by atoms with Gasteiger partial charge in [0.1, 0.15) is 4.99 Å². The van der Waals surface area contributed by atoms with Gasteiger partial charge in [0.05, 0.1) is 27.1 Å². The minimum absolute atomic E-state index is 0.111. The second-order valence-electron chi connectivity index (χ2n) is 4.49. The summed E-state index contributed by atoms with van der Waals surface area (Å²) in [7, 11) is 0. The fourth-order valence-electron chi connectivity index (χ4n) is 1.95. The molecule has 0 bridgehead atoms. The van der Waals surface area contributed by atoms with Crippen LogP contribution in [0.2, 0.25) is 0 Å². The van der Waals surface area contributed by atoms with Crippen molar-refractivity contribution in [2.24, 2.45) is 5.73 Å². The number of halogens is 4. The second-order valence-corrected chi connectivity index (χ2v) is 5.72. The van der Waals surface area contributed by atoms with Crippen LogP contribution < -0.4 is 5.73 Å². The fourth-order valence-corrected chi connectivity index (χ4v) is 2.36. The summed E-state index contributed by atoms with van der Waals surface area (Å²) in [6.45, 7) is 3.59. The first-order valence-electron chi connectivity index (χ1n) is 5.86. The quantitative estimate of drug-likeness (QED) is 0.807. The Morgan fingerprint density at radius 3 is 2.38 bits per heavy atom. The zero-order valence-electron chi connectivity index (χ0n) is 11.1. The van der Waals surface area contributed by atoms with E-state index in [2.05, 4.69) is 21.0 Å². The lowest BCUT2D eigenvalue weighted by molar-refractivity contribution is -0.137. The summed E-state index contributed by atoms with van der Waals surface area (Å²) < 4.78 is 40.7. The van der Waals surface area contributed by atoms with Gasteiger partial charge in [-0.15, -0.1) is 0 Å². The van der Waals surface area contributed by atoms with Crippen molar-refractivity contribution in [2.75, 3.05) is 0 Å². The summed E-state index contributed by atoms with van der Waals surface area (Å²) in [5, 5.41) is 4.29. The Kier molecular flexibility index (Phi) is 4.12. The SMILES string of the molecule is Cc1nn(-c2ccc(C(F)(F)F)cc2C(N)=S)c(C)c1Br. The van der Waals surface area contributed by atoms with Crippen molar-refractivity contribution in [2.45, 2.75) is 20.0 Å². The van der Waals surface area contributed by atoms with Crippen molar-refractivity contribution in [1.29, 1.82) is 0 Å². The monoisotopic (exact) mass is 377 g/mol. The van der Waals surface area contributed by atoms with Crippen LogP contribution in [0, 0.1) is 13.8 Å². The maximum absolute atomic E-state index is 12.8. The lowest BCUT2D eigenvalue weighted by Crippen LogP contribution is -2.17. The topological polar surface area (TPSA) is 43.8 Å². The van der Waals surface area contributed by atoms with Gasteiger partial charge >= 0.3 is 6.18 Å². The number of aromatic nitrogens is 2. The zero-order chi connectivity index (χ0) is 15.9. The van der Waals surface area contributed by atoms with Gasteiger partial charge in [0.15, 0.2) is 0 Å². The molecule has 2 N–H and O–H groups in total. The predicted octanol–water partition coefficient (Wildman–Crippen LogP) is 3.90. The molecule has 0 unspecified atom stereocenters. The van der Waals surface area contributed by atoms with Crippen LogP contribution in [0.25, 0.3) is 5.69 Å². The van der Waals surface area contributed by atoms with Gasteiger partial charge in [-0.2, -0.15) is 18.3 Å². The van der Waals surface area contributed by atoms with Crippen LogP contribution in [-0.2, 0) is 6.18 Å². The number of benzene rings is 1. The lowest BCUT2D eigenvalue weighted by atomic mass is 10.1. The van der Waals surface area contributed by atoms with E-state index in [1.54, 1.807) is 13.8 Å². The van der Waals surface area contributed by atoms with Gasteiger partial charge in [0, 0.05) is 5.56 Å². The molecule has 1 heterocycles. The molecule has 8 heteroatoms. The van der Waals surface area contributed by atoms with Crippen LogP contribution in [0.5, 0.6) is 0 Å². The van der Waals surface area contributed by atoms with Crippen LogP contribution in [0.15, 0.2) is 22.7 Å². The highest BCUT2D eigenvalue weighted by atomic mass is 79.9. The van der Waals surface area contributed by atoms with E-state index in [9.17, 15) is 13.2 Å². The Morgan fingerprint density at radius 1 is 1.33 bits per heavy atom. The van der Waals surface area contributed by atoms with Crippen LogP contribution in [0.1, 0.15) is 22.5 Å². The van der Waals surface area contributed by atoms with Crippen molar-refractivity contribution in [3.63, 3.8) is 0 Å². The summed E-state index contributed by atoms with van der Waals surface area (Å²) in [6, 6.07) is 3.26. The van der Waals surface area contributed by atoms with Crippen molar-refractivity contribution < 1.29 is 13.2 Å². The predicted molar refractivity (Wildman–Crippen MR) is 81.6 cm³/mol. The molecule has 0 saturated heterocycles. The molecule has 0 amide bonds. The van der Waals surface area contributed by atoms with E-state index < -0.39 is 11.7 Å². The molecule has 1 aromatic carbocycles. The number of hydrogen-bond donors (Lipinski definition) is 1. The summed E-state index contributed by atoms with van der Waals surface area (Å²) in [6.07, 6.45) is -4.45. The van der Waals surface area contributed by atoms with E-state index in [1.165, 1.54) is 10.7 Å². The smallest absolute Gasteiger partial charge is 0.389 e. The third-order valence-electron chi connectivity index (χ3n) is 3.02. The molecule has 0 aliphatic carbocycles. The minimum Gasteiger partial charge on any atom is -0.389 e. The van der Waals surface area contributed by atoms with Gasteiger partial charge in [-0.3, -0.25) is 0 Å². The van der Waals surface area contributed by atoms with Gasteiger partial charge in [-0.25, -0.2) is 4.68 Å². The van der Waals surface area contributed by atoms with E-state index in [0.29, 0.717) is 5.69 Å². The number of thiocarbonyl (C=S) groups is 1. The molecule has 0 atom stereocenters. The summed E-state index contributed by atoms with van der Waals surface area (Å²) in [4.78, 5) is -0.111. The number of aryl methyl sites for hydroxylation is 1. The fraction of sp³-hybridized carbons (Fsp3) is 0.231. The van der Waals surface area contributed by atoms with Crippen LogP contribution >= 0.6 is 28.1 Å². The molecular weight excluding hydrogens is 367 g/mol. The van der Waals surface area contributed by atoms with Gasteiger partial charge in [0.2, 0.25) is 0 Å². The first kappa shape index (κ1) is 16.0. The van der Waals surface area contributed by atoms with E-state index in [4.69, 9.17) is 18.0 Å². The van der Waals surface area contributed by atoms with Crippen molar-refractivity contribution >= 4 is 33.1 Å². The van der Waals surface area contributed by atoms with Crippen molar-refractivity contribution in [1.82, 2.24) is 9.78 Å². The number of hydrogen-bond acceptors (Lipinski definition) is 2. The first-order valence-corrected chi connectivity index (χ1v) is 7.06. The molecule has 0 aliphatic rings.